The minimum atomic E-state index is -1.57. The Labute approximate surface area is 214 Å². The van der Waals surface area contributed by atoms with E-state index in [1.54, 1.807) is 13.8 Å². The van der Waals surface area contributed by atoms with Crippen LogP contribution in [0.2, 0.25) is 0 Å². The van der Waals surface area contributed by atoms with Crippen molar-refractivity contribution in [1.29, 1.82) is 0 Å². The van der Waals surface area contributed by atoms with Gasteiger partial charge in [0.15, 0.2) is 6.29 Å². The van der Waals surface area contributed by atoms with Gasteiger partial charge < -0.3 is 49.1 Å². The summed E-state index contributed by atoms with van der Waals surface area (Å²) in [5.74, 6) is -1.94. The van der Waals surface area contributed by atoms with Crippen LogP contribution in [0.15, 0.2) is 0 Å². The van der Waals surface area contributed by atoms with Crippen LogP contribution in [-0.4, -0.2) is 97.5 Å². The molecule has 0 saturated carbocycles. The van der Waals surface area contributed by atoms with Crippen LogP contribution >= 0.6 is 0 Å². The summed E-state index contributed by atoms with van der Waals surface area (Å²) in [4.78, 5) is 23.0. The molecule has 0 aliphatic carbocycles. The predicted octanol–water partition coefficient (Wildman–Crippen LogP) is -3.09. The van der Waals surface area contributed by atoms with Gasteiger partial charge in [-0.25, -0.2) is 0 Å². The number of amides is 1. The van der Waals surface area contributed by atoms with E-state index in [0.29, 0.717) is 0 Å². The maximum atomic E-state index is 11.6. The molecule has 3 N–H and O–H groups in total. The first-order chi connectivity index (χ1) is 13.1. The average Bonchev–Trinajstić information content (AvgIpc) is 2.62. The standard InChI is InChI=1S/C17H29NO10.W.Y/c1-6-9(18-8(3)19)12(10(20)7(2)26-6)27-17-11(21)13(24-4)14(25-5)15(28-17)16(22)23;;/h6-7,9-15,17,20-21H,1-5H3,(H,18,19)(H,22,23);;/p-1. The van der Waals surface area contributed by atoms with Crippen LogP contribution in [0.5, 0.6) is 0 Å². The molecule has 2 heterocycles. The molecular weight excluding hydrogens is 651 g/mol. The first kappa shape index (κ1) is 30.5. The Morgan fingerprint density at radius 2 is 1.53 bits per heavy atom. The van der Waals surface area contributed by atoms with Crippen LogP contribution in [0.3, 0.4) is 0 Å². The summed E-state index contributed by atoms with van der Waals surface area (Å²) in [7, 11) is 2.53. The van der Waals surface area contributed by atoms with Gasteiger partial charge in [0.25, 0.3) is 0 Å². The van der Waals surface area contributed by atoms with Crippen LogP contribution in [0.25, 0.3) is 0 Å². The molecule has 13 heteroatoms. The SMILES string of the molecule is COC1C(C(=O)[O-])OC(OC2C(O)C(C)OC(C)C2NC(C)=O)C(O)C1OC.[W].[Y]. The van der Waals surface area contributed by atoms with E-state index in [4.69, 9.17) is 23.7 Å². The number of rotatable bonds is 6. The summed E-state index contributed by atoms with van der Waals surface area (Å²) in [6.07, 6.45) is -10.1. The second-order valence-corrected chi connectivity index (χ2v) is 7.00. The number of nitrogens with one attached hydrogen (secondary N) is 1. The van der Waals surface area contributed by atoms with Crippen LogP contribution in [-0.2, 0) is 87.0 Å². The number of carboxylic acid groups (broad SMARTS) is 1. The van der Waals surface area contributed by atoms with Crippen LogP contribution in [0.1, 0.15) is 20.8 Å². The van der Waals surface area contributed by atoms with Gasteiger partial charge >= 0.3 is 0 Å². The Kier molecular flexibility index (Phi) is 13.4. The molecule has 11 nitrogen and oxygen atoms in total. The Morgan fingerprint density at radius 3 is 2.00 bits per heavy atom. The molecule has 1 radical (unpaired) electrons. The van der Waals surface area contributed by atoms with E-state index in [-0.39, 0.29) is 59.7 Å². The molecule has 0 bridgehead atoms. The number of ether oxygens (including phenoxy) is 5. The van der Waals surface area contributed by atoms with Crippen molar-refractivity contribution < 1.29 is 102 Å². The summed E-state index contributed by atoms with van der Waals surface area (Å²) >= 11 is 0. The number of carbonyl (C=O) groups is 2. The molecule has 0 spiro atoms. The molecule has 10 unspecified atom stereocenters. The van der Waals surface area contributed by atoms with Crippen molar-refractivity contribution in [1.82, 2.24) is 5.32 Å². The molecule has 1 amide bonds. The van der Waals surface area contributed by atoms with E-state index in [2.05, 4.69) is 5.32 Å². The number of hydrogen-bond acceptors (Lipinski definition) is 10. The zero-order chi connectivity index (χ0) is 21.2. The quantitative estimate of drug-likeness (QED) is 0.263. The van der Waals surface area contributed by atoms with Crippen molar-refractivity contribution in [3.8, 4) is 0 Å². The topological polar surface area (TPSA) is 156 Å². The van der Waals surface area contributed by atoms with Gasteiger partial charge in [-0.2, -0.15) is 0 Å². The Bertz CT molecular complexity index is 573. The zero-order valence-corrected chi connectivity index (χ0v) is 23.2. The fraction of sp³-hybridized carbons (Fsp3) is 0.882. The van der Waals surface area contributed by atoms with Gasteiger partial charge in [-0.05, 0) is 13.8 Å². The smallest absolute Gasteiger partial charge is 0.217 e. The van der Waals surface area contributed by atoms with E-state index >= 15 is 0 Å². The third-order valence-corrected chi connectivity index (χ3v) is 5.06. The third kappa shape index (κ3) is 6.73. The van der Waals surface area contributed by atoms with Gasteiger partial charge in [0.1, 0.15) is 36.6 Å². The monoisotopic (exact) mass is 679 g/mol. The molecule has 10 atom stereocenters. The largest absolute Gasteiger partial charge is 0.547 e. The predicted molar refractivity (Wildman–Crippen MR) is 89.8 cm³/mol. The van der Waals surface area contributed by atoms with Crippen molar-refractivity contribution in [3.63, 3.8) is 0 Å². The van der Waals surface area contributed by atoms with Gasteiger partial charge in [0.05, 0.1) is 24.2 Å². The van der Waals surface area contributed by atoms with E-state index < -0.39 is 67.1 Å². The molecular formula is C17H28NO10WY-. The number of aliphatic carboxylic acids is 1. The number of methoxy groups -OCH3 is 2. The first-order valence-electron chi connectivity index (χ1n) is 8.98. The zero-order valence-electron chi connectivity index (χ0n) is 17.4. The minimum Gasteiger partial charge on any atom is -0.547 e. The summed E-state index contributed by atoms with van der Waals surface area (Å²) in [6.45, 7) is 4.62. The maximum absolute atomic E-state index is 11.6. The normalized spacial score (nSPS) is 41.2. The molecule has 2 saturated heterocycles. The van der Waals surface area contributed by atoms with Crippen molar-refractivity contribution in [2.45, 2.75) is 81.9 Å². The molecule has 2 fully saturated rings. The second kappa shape index (κ2) is 13.2. The second-order valence-electron chi connectivity index (χ2n) is 7.00. The van der Waals surface area contributed by atoms with Gasteiger partial charge in [-0.1, -0.05) is 0 Å². The molecule has 2 aliphatic rings. The number of hydrogen-bond donors (Lipinski definition) is 3. The Morgan fingerprint density at radius 1 is 0.967 bits per heavy atom. The van der Waals surface area contributed by atoms with Gasteiger partial charge in [0.2, 0.25) is 5.91 Å². The molecule has 2 rings (SSSR count). The van der Waals surface area contributed by atoms with Crippen molar-refractivity contribution in [2.75, 3.05) is 14.2 Å². The summed E-state index contributed by atoms with van der Waals surface area (Å²) < 4.78 is 27.0. The molecule has 0 aromatic heterocycles. The van der Waals surface area contributed by atoms with Gasteiger partial charge in [-0.15, -0.1) is 0 Å². The van der Waals surface area contributed by atoms with E-state index in [1.165, 1.54) is 21.1 Å². The van der Waals surface area contributed by atoms with E-state index in [0.717, 1.165) is 0 Å². The number of aliphatic hydroxyl groups excluding tert-OH is 2. The summed E-state index contributed by atoms with van der Waals surface area (Å²) in [5.41, 5.74) is 0. The minimum absolute atomic E-state index is 0. The fourth-order valence-electron chi connectivity index (χ4n) is 3.66. The Balaban J connectivity index is 0.00000420. The molecule has 2 aliphatic heterocycles. The maximum Gasteiger partial charge on any atom is 0.217 e. The third-order valence-electron chi connectivity index (χ3n) is 5.06. The molecule has 0 aromatic rings. The van der Waals surface area contributed by atoms with Gasteiger partial charge in [-0.3, -0.25) is 4.79 Å². The van der Waals surface area contributed by atoms with Gasteiger partial charge in [0, 0.05) is 74.9 Å². The van der Waals surface area contributed by atoms with Crippen LogP contribution in [0.4, 0.5) is 0 Å². The first-order valence-corrected chi connectivity index (χ1v) is 8.98. The van der Waals surface area contributed by atoms with E-state index in [1.807, 2.05) is 0 Å². The molecule has 30 heavy (non-hydrogen) atoms. The summed E-state index contributed by atoms with van der Waals surface area (Å²) in [5, 5.41) is 35.2. The van der Waals surface area contributed by atoms with E-state index in [9.17, 15) is 24.9 Å². The molecule has 0 aromatic carbocycles. The fourth-order valence-corrected chi connectivity index (χ4v) is 3.66. The number of carboxylic acids is 1. The Hall–Kier alpha value is 0.452. The molecule has 171 valence electrons. The number of carbonyl (C=O) groups excluding carboxylic acids is 2. The van der Waals surface area contributed by atoms with Crippen molar-refractivity contribution in [3.05, 3.63) is 0 Å². The summed E-state index contributed by atoms with van der Waals surface area (Å²) in [6, 6.07) is -0.762. The number of aliphatic hydroxyl groups is 2. The average molecular weight is 679 g/mol. The van der Waals surface area contributed by atoms with Crippen molar-refractivity contribution >= 4 is 11.9 Å². The van der Waals surface area contributed by atoms with Crippen LogP contribution in [0, 0.1) is 0 Å². The van der Waals surface area contributed by atoms with Crippen molar-refractivity contribution in [2.24, 2.45) is 0 Å². The van der Waals surface area contributed by atoms with Crippen LogP contribution < -0.4 is 10.4 Å².